The molecule has 2 aromatic carbocycles. The summed E-state index contributed by atoms with van der Waals surface area (Å²) in [5.74, 6) is 6.57. The maximum Gasteiger partial charge on any atom is 0.237 e. The molecule has 0 spiro atoms. The third kappa shape index (κ3) is 4.51. The molecular formula is C19H20BrN5OS. The van der Waals surface area contributed by atoms with Crippen molar-refractivity contribution >= 4 is 39.3 Å². The first-order valence-electron chi connectivity index (χ1n) is 8.51. The van der Waals surface area contributed by atoms with Gasteiger partial charge >= 0.3 is 0 Å². The minimum atomic E-state index is -0.380. The van der Waals surface area contributed by atoms with E-state index in [4.69, 9.17) is 5.84 Å². The van der Waals surface area contributed by atoms with Crippen LogP contribution in [0.5, 0.6) is 0 Å². The lowest BCUT2D eigenvalue weighted by atomic mass is 10.1. The van der Waals surface area contributed by atoms with E-state index in [0.29, 0.717) is 11.0 Å². The number of hydrogen-bond donors (Lipinski definition) is 2. The van der Waals surface area contributed by atoms with Gasteiger partial charge in [0.1, 0.15) is 0 Å². The van der Waals surface area contributed by atoms with E-state index in [-0.39, 0.29) is 11.2 Å². The predicted molar refractivity (Wildman–Crippen MR) is 113 cm³/mol. The fourth-order valence-electron chi connectivity index (χ4n) is 2.46. The Morgan fingerprint density at radius 3 is 2.59 bits per heavy atom. The van der Waals surface area contributed by atoms with Gasteiger partial charge in [0.2, 0.25) is 11.1 Å². The molecule has 0 aliphatic carbocycles. The van der Waals surface area contributed by atoms with Crippen LogP contribution < -0.4 is 11.2 Å². The molecule has 1 aromatic heterocycles. The Labute approximate surface area is 170 Å². The Bertz CT molecular complexity index is 942. The average molecular weight is 446 g/mol. The van der Waals surface area contributed by atoms with Crippen LogP contribution in [0.15, 0.2) is 58.2 Å². The van der Waals surface area contributed by atoms with Crippen molar-refractivity contribution in [3.05, 3.63) is 58.6 Å². The SMILES string of the molecule is CCc1ccc(NC(=O)[C@H](C)Sc2nnc(-c3ccccc3Br)n2N)cc1. The number of halogens is 1. The number of nitrogen functional groups attached to an aromatic ring is 1. The van der Waals surface area contributed by atoms with Gasteiger partial charge in [-0.15, -0.1) is 10.2 Å². The Kier molecular flexibility index (Phi) is 6.18. The molecule has 1 atom stereocenters. The molecular weight excluding hydrogens is 426 g/mol. The van der Waals surface area contributed by atoms with Crippen LogP contribution >= 0.6 is 27.7 Å². The van der Waals surface area contributed by atoms with Crippen molar-refractivity contribution in [2.24, 2.45) is 0 Å². The van der Waals surface area contributed by atoms with Crippen molar-refractivity contribution in [2.75, 3.05) is 11.2 Å². The Morgan fingerprint density at radius 1 is 1.22 bits per heavy atom. The second-order valence-corrected chi connectivity index (χ2v) is 8.12. The number of carbonyl (C=O) groups excluding carboxylic acids is 1. The number of rotatable bonds is 6. The highest BCUT2D eigenvalue weighted by atomic mass is 79.9. The first-order valence-corrected chi connectivity index (χ1v) is 10.2. The molecule has 140 valence electrons. The van der Waals surface area contributed by atoms with Gasteiger partial charge in [-0.25, -0.2) is 4.68 Å². The van der Waals surface area contributed by atoms with Crippen molar-refractivity contribution in [2.45, 2.75) is 30.7 Å². The summed E-state index contributed by atoms with van der Waals surface area (Å²) in [5, 5.41) is 11.3. The summed E-state index contributed by atoms with van der Waals surface area (Å²) in [5.41, 5.74) is 2.84. The van der Waals surface area contributed by atoms with Crippen LogP contribution in [0.4, 0.5) is 5.69 Å². The van der Waals surface area contributed by atoms with Crippen molar-refractivity contribution in [3.8, 4) is 11.4 Å². The van der Waals surface area contributed by atoms with Crippen LogP contribution in [0.1, 0.15) is 19.4 Å². The topological polar surface area (TPSA) is 85.8 Å². The highest BCUT2D eigenvalue weighted by molar-refractivity contribution is 9.10. The zero-order valence-corrected chi connectivity index (χ0v) is 17.4. The summed E-state index contributed by atoms with van der Waals surface area (Å²) in [4.78, 5) is 12.5. The van der Waals surface area contributed by atoms with Gasteiger partial charge < -0.3 is 11.2 Å². The molecule has 0 saturated heterocycles. The fourth-order valence-corrected chi connectivity index (χ4v) is 3.70. The molecule has 0 saturated carbocycles. The van der Waals surface area contributed by atoms with E-state index in [0.717, 1.165) is 22.1 Å². The third-order valence-electron chi connectivity index (χ3n) is 4.06. The zero-order valence-electron chi connectivity index (χ0n) is 15.0. The molecule has 0 aliphatic rings. The summed E-state index contributed by atoms with van der Waals surface area (Å²) in [7, 11) is 0. The van der Waals surface area contributed by atoms with Crippen LogP contribution in [-0.2, 0) is 11.2 Å². The van der Waals surface area contributed by atoms with E-state index in [2.05, 4.69) is 38.4 Å². The lowest BCUT2D eigenvalue weighted by Crippen LogP contribution is -2.23. The third-order valence-corrected chi connectivity index (χ3v) is 5.81. The van der Waals surface area contributed by atoms with Gasteiger partial charge in [-0.2, -0.15) is 0 Å². The molecule has 1 heterocycles. The maximum atomic E-state index is 12.5. The Hall–Kier alpha value is -2.32. The molecule has 6 nitrogen and oxygen atoms in total. The number of nitrogens with two attached hydrogens (primary N) is 1. The summed E-state index contributed by atoms with van der Waals surface area (Å²) in [6, 6.07) is 15.5. The molecule has 0 aliphatic heterocycles. The fraction of sp³-hybridized carbons (Fsp3) is 0.211. The second-order valence-electron chi connectivity index (χ2n) is 5.96. The molecule has 0 radical (unpaired) electrons. The van der Waals surface area contributed by atoms with Gasteiger partial charge in [-0.1, -0.05) is 58.9 Å². The van der Waals surface area contributed by atoms with Crippen LogP contribution in [0.25, 0.3) is 11.4 Å². The smallest absolute Gasteiger partial charge is 0.237 e. The molecule has 3 rings (SSSR count). The molecule has 27 heavy (non-hydrogen) atoms. The normalized spacial score (nSPS) is 12.0. The van der Waals surface area contributed by atoms with Crippen molar-refractivity contribution in [1.82, 2.24) is 14.9 Å². The molecule has 3 aromatic rings. The zero-order chi connectivity index (χ0) is 19.4. The molecule has 0 fully saturated rings. The van der Waals surface area contributed by atoms with E-state index in [9.17, 15) is 4.79 Å². The molecule has 8 heteroatoms. The van der Waals surface area contributed by atoms with E-state index < -0.39 is 0 Å². The summed E-state index contributed by atoms with van der Waals surface area (Å²) in [6.45, 7) is 3.91. The largest absolute Gasteiger partial charge is 0.335 e. The van der Waals surface area contributed by atoms with Crippen molar-refractivity contribution in [1.29, 1.82) is 0 Å². The quantitative estimate of drug-likeness (QED) is 0.440. The lowest BCUT2D eigenvalue weighted by molar-refractivity contribution is -0.115. The van der Waals surface area contributed by atoms with E-state index >= 15 is 0 Å². The molecule has 3 N–H and O–H groups in total. The predicted octanol–water partition coefficient (Wildman–Crippen LogP) is 4.10. The van der Waals surface area contributed by atoms with E-state index in [1.807, 2.05) is 55.5 Å². The van der Waals surface area contributed by atoms with Gasteiger partial charge in [0.25, 0.3) is 0 Å². The summed E-state index contributed by atoms with van der Waals surface area (Å²) in [6.07, 6.45) is 0.965. The van der Waals surface area contributed by atoms with Crippen LogP contribution in [0.2, 0.25) is 0 Å². The van der Waals surface area contributed by atoms with Gasteiger partial charge in [-0.05, 0) is 43.2 Å². The minimum absolute atomic E-state index is 0.116. The monoisotopic (exact) mass is 445 g/mol. The number of amides is 1. The first kappa shape index (κ1) is 19.4. The van der Waals surface area contributed by atoms with Crippen LogP contribution in [0, 0.1) is 0 Å². The minimum Gasteiger partial charge on any atom is -0.335 e. The van der Waals surface area contributed by atoms with Gasteiger partial charge in [0.05, 0.1) is 5.25 Å². The summed E-state index contributed by atoms with van der Waals surface area (Å²) >= 11 is 4.75. The number of anilines is 1. The number of nitrogens with zero attached hydrogens (tertiary/aromatic N) is 3. The highest BCUT2D eigenvalue weighted by Crippen LogP contribution is 2.29. The number of aryl methyl sites for hydroxylation is 1. The molecule has 0 unspecified atom stereocenters. The van der Waals surface area contributed by atoms with Crippen LogP contribution in [-0.4, -0.2) is 26.0 Å². The van der Waals surface area contributed by atoms with Gasteiger partial charge in [0, 0.05) is 15.7 Å². The summed E-state index contributed by atoms with van der Waals surface area (Å²) < 4.78 is 2.28. The second kappa shape index (κ2) is 8.58. The maximum absolute atomic E-state index is 12.5. The van der Waals surface area contributed by atoms with E-state index in [1.54, 1.807) is 0 Å². The lowest BCUT2D eigenvalue weighted by Gasteiger charge is -2.12. The number of aromatic nitrogens is 3. The average Bonchev–Trinajstić information content (AvgIpc) is 3.03. The van der Waals surface area contributed by atoms with Gasteiger partial charge in [0.15, 0.2) is 5.82 Å². The number of benzene rings is 2. The number of hydrogen-bond acceptors (Lipinski definition) is 5. The Balaban J connectivity index is 1.69. The number of nitrogens with one attached hydrogen (secondary N) is 1. The standard InChI is InChI=1S/C19H20BrN5OS/c1-3-13-8-10-14(11-9-13)22-18(26)12(2)27-19-24-23-17(25(19)21)15-6-4-5-7-16(15)20/h4-12H,3,21H2,1-2H3,(H,22,26)/t12-/m0/s1. The first-order chi connectivity index (χ1) is 13.0. The highest BCUT2D eigenvalue weighted by Gasteiger charge is 2.20. The number of thioether (sulfide) groups is 1. The van der Waals surface area contributed by atoms with E-state index in [1.165, 1.54) is 22.0 Å². The van der Waals surface area contributed by atoms with Gasteiger partial charge in [-0.3, -0.25) is 4.79 Å². The van der Waals surface area contributed by atoms with Crippen LogP contribution in [0.3, 0.4) is 0 Å². The number of carbonyl (C=O) groups is 1. The molecule has 1 amide bonds. The Morgan fingerprint density at radius 2 is 1.93 bits per heavy atom. The van der Waals surface area contributed by atoms with Crippen molar-refractivity contribution < 1.29 is 4.79 Å². The van der Waals surface area contributed by atoms with Crippen molar-refractivity contribution in [3.63, 3.8) is 0 Å². The molecule has 0 bridgehead atoms.